The van der Waals surface area contributed by atoms with Gasteiger partial charge in [0.2, 0.25) is 0 Å². The zero-order chi connectivity index (χ0) is 17.3. The largest absolute Gasteiger partial charge is 0.496 e. The fraction of sp³-hybridized carbons (Fsp3) is 0.200. The van der Waals surface area contributed by atoms with Crippen LogP contribution in [0.15, 0.2) is 67.3 Å². The number of nitrogens with one attached hydrogen (secondary N) is 2. The molecule has 0 amide bonds. The number of rotatable bonds is 8. The van der Waals surface area contributed by atoms with Gasteiger partial charge in [-0.25, -0.2) is 0 Å². The first-order chi connectivity index (χ1) is 12.4. The molecule has 0 atom stereocenters. The number of anilines is 1. The quantitative estimate of drug-likeness (QED) is 0.619. The Morgan fingerprint density at radius 2 is 1.84 bits per heavy atom. The second kappa shape index (κ2) is 8.80. The van der Waals surface area contributed by atoms with E-state index in [2.05, 4.69) is 38.8 Å². The maximum Gasteiger partial charge on any atom is 0.128 e. The Morgan fingerprint density at radius 1 is 0.960 bits per heavy atom. The molecule has 0 saturated carbocycles. The molecule has 5 nitrogen and oxygen atoms in total. The Balaban J connectivity index is 1.53. The summed E-state index contributed by atoms with van der Waals surface area (Å²) in [6.45, 7) is 2.52. The summed E-state index contributed by atoms with van der Waals surface area (Å²) in [6, 6.07) is 14.1. The summed E-state index contributed by atoms with van der Waals surface area (Å²) < 4.78 is 5.54. The van der Waals surface area contributed by atoms with Crippen LogP contribution in [0.3, 0.4) is 0 Å². The lowest BCUT2D eigenvalue weighted by molar-refractivity contribution is 0.416. The van der Waals surface area contributed by atoms with Gasteiger partial charge in [-0.1, -0.05) is 6.07 Å². The highest BCUT2D eigenvalue weighted by Crippen LogP contribution is 2.31. The van der Waals surface area contributed by atoms with Crippen molar-refractivity contribution in [1.29, 1.82) is 0 Å². The van der Waals surface area contributed by atoms with Gasteiger partial charge in [-0.2, -0.15) is 0 Å². The predicted molar refractivity (Wildman–Crippen MR) is 101 cm³/mol. The Hall–Kier alpha value is -2.92. The first-order valence-corrected chi connectivity index (χ1v) is 8.29. The number of hydrogen-bond donors (Lipinski definition) is 2. The van der Waals surface area contributed by atoms with Crippen LogP contribution in [-0.2, 0) is 6.54 Å². The van der Waals surface area contributed by atoms with Gasteiger partial charge in [0.1, 0.15) is 5.75 Å². The molecule has 0 bridgehead atoms. The number of ether oxygens (including phenoxy) is 1. The molecule has 0 aliphatic heterocycles. The van der Waals surface area contributed by atoms with Crippen LogP contribution in [0.25, 0.3) is 11.1 Å². The van der Waals surface area contributed by atoms with E-state index in [1.165, 1.54) is 5.56 Å². The third-order valence-corrected chi connectivity index (χ3v) is 3.88. The summed E-state index contributed by atoms with van der Waals surface area (Å²) in [6.07, 6.45) is 7.24. The highest BCUT2D eigenvalue weighted by Gasteiger charge is 2.06. The fourth-order valence-corrected chi connectivity index (χ4v) is 2.60. The van der Waals surface area contributed by atoms with Crippen molar-refractivity contribution >= 4 is 5.69 Å². The molecule has 0 spiro atoms. The van der Waals surface area contributed by atoms with Crippen molar-refractivity contribution in [3.8, 4) is 16.9 Å². The van der Waals surface area contributed by atoms with Gasteiger partial charge in [0.05, 0.1) is 7.11 Å². The minimum absolute atomic E-state index is 0.819. The summed E-state index contributed by atoms with van der Waals surface area (Å²) in [7, 11) is 1.69. The molecule has 5 heteroatoms. The van der Waals surface area contributed by atoms with Crippen molar-refractivity contribution in [2.24, 2.45) is 0 Å². The number of pyridine rings is 2. The normalized spacial score (nSPS) is 10.4. The molecular formula is C20H22N4O. The highest BCUT2D eigenvalue weighted by molar-refractivity contribution is 5.73. The maximum absolute atomic E-state index is 5.54. The second-order valence-electron chi connectivity index (χ2n) is 5.62. The SMILES string of the molecule is COc1cc(NCCNCc2cccnc2)ccc1-c1ccncc1. The summed E-state index contributed by atoms with van der Waals surface area (Å²) in [4.78, 5) is 8.17. The molecule has 0 fully saturated rings. The third-order valence-electron chi connectivity index (χ3n) is 3.88. The van der Waals surface area contributed by atoms with E-state index in [4.69, 9.17) is 4.74 Å². The summed E-state index contributed by atoms with van der Waals surface area (Å²) in [5.41, 5.74) is 4.38. The molecule has 0 aliphatic rings. The molecule has 0 aliphatic carbocycles. The van der Waals surface area contributed by atoms with Crippen molar-refractivity contribution < 1.29 is 4.74 Å². The number of nitrogens with zero attached hydrogens (tertiary/aromatic N) is 2. The van der Waals surface area contributed by atoms with E-state index in [0.717, 1.165) is 42.2 Å². The van der Waals surface area contributed by atoms with Gasteiger partial charge < -0.3 is 15.4 Å². The van der Waals surface area contributed by atoms with Gasteiger partial charge >= 0.3 is 0 Å². The lowest BCUT2D eigenvalue weighted by Crippen LogP contribution is -2.21. The van der Waals surface area contributed by atoms with Crippen LogP contribution in [0.1, 0.15) is 5.56 Å². The van der Waals surface area contributed by atoms with Crippen molar-refractivity contribution in [2.75, 3.05) is 25.5 Å². The van der Waals surface area contributed by atoms with Crippen LogP contribution in [0, 0.1) is 0 Å². The summed E-state index contributed by atoms with van der Waals surface area (Å²) in [5, 5.41) is 6.81. The van der Waals surface area contributed by atoms with Gasteiger partial charge in [0.25, 0.3) is 0 Å². The van der Waals surface area contributed by atoms with E-state index >= 15 is 0 Å². The van der Waals surface area contributed by atoms with E-state index in [1.54, 1.807) is 25.7 Å². The molecule has 0 unspecified atom stereocenters. The molecule has 25 heavy (non-hydrogen) atoms. The average Bonchev–Trinajstić information content (AvgIpc) is 2.69. The molecule has 0 saturated heterocycles. The predicted octanol–water partition coefficient (Wildman–Crippen LogP) is 3.35. The molecule has 3 rings (SSSR count). The first-order valence-electron chi connectivity index (χ1n) is 8.29. The minimum atomic E-state index is 0.819. The number of aromatic nitrogens is 2. The Bertz CT molecular complexity index is 778. The van der Waals surface area contributed by atoms with Crippen molar-refractivity contribution in [1.82, 2.24) is 15.3 Å². The number of benzene rings is 1. The number of hydrogen-bond acceptors (Lipinski definition) is 5. The molecule has 2 aromatic heterocycles. The van der Waals surface area contributed by atoms with Gasteiger partial charge in [-0.15, -0.1) is 0 Å². The van der Waals surface area contributed by atoms with Crippen LogP contribution < -0.4 is 15.4 Å². The molecule has 2 heterocycles. The van der Waals surface area contributed by atoms with Gasteiger partial charge in [0, 0.05) is 61.7 Å². The zero-order valence-electron chi connectivity index (χ0n) is 14.3. The highest BCUT2D eigenvalue weighted by atomic mass is 16.5. The van der Waals surface area contributed by atoms with E-state index in [0.29, 0.717) is 0 Å². The van der Waals surface area contributed by atoms with E-state index in [9.17, 15) is 0 Å². The van der Waals surface area contributed by atoms with Crippen LogP contribution in [-0.4, -0.2) is 30.2 Å². The fourth-order valence-electron chi connectivity index (χ4n) is 2.60. The van der Waals surface area contributed by atoms with Crippen LogP contribution in [0.5, 0.6) is 5.75 Å². The lowest BCUT2D eigenvalue weighted by atomic mass is 10.1. The van der Waals surface area contributed by atoms with Crippen molar-refractivity contribution in [3.63, 3.8) is 0 Å². The monoisotopic (exact) mass is 334 g/mol. The smallest absolute Gasteiger partial charge is 0.128 e. The lowest BCUT2D eigenvalue weighted by Gasteiger charge is -2.12. The Labute approximate surface area is 148 Å². The standard InChI is InChI=1S/C20H22N4O/c1-25-20-13-18(4-5-19(20)17-6-9-21-10-7-17)24-12-11-23-15-16-3-2-8-22-14-16/h2-10,13-14,23-24H,11-12,15H2,1H3. The molecular weight excluding hydrogens is 312 g/mol. The zero-order valence-corrected chi connectivity index (χ0v) is 14.3. The van der Waals surface area contributed by atoms with E-state index in [-0.39, 0.29) is 0 Å². The first kappa shape index (κ1) is 16.9. The second-order valence-corrected chi connectivity index (χ2v) is 5.62. The molecule has 3 aromatic rings. The maximum atomic E-state index is 5.54. The van der Waals surface area contributed by atoms with E-state index in [1.807, 2.05) is 30.5 Å². The van der Waals surface area contributed by atoms with Crippen LogP contribution in [0.4, 0.5) is 5.69 Å². The third kappa shape index (κ3) is 4.78. The topological polar surface area (TPSA) is 59.1 Å². The number of methoxy groups -OCH3 is 1. The molecule has 0 radical (unpaired) electrons. The van der Waals surface area contributed by atoms with Crippen LogP contribution >= 0.6 is 0 Å². The van der Waals surface area contributed by atoms with E-state index < -0.39 is 0 Å². The van der Waals surface area contributed by atoms with Gasteiger partial charge in [0.15, 0.2) is 0 Å². The van der Waals surface area contributed by atoms with Crippen molar-refractivity contribution in [3.05, 3.63) is 72.8 Å². The van der Waals surface area contributed by atoms with Crippen molar-refractivity contribution in [2.45, 2.75) is 6.54 Å². The van der Waals surface area contributed by atoms with Crippen LogP contribution in [0.2, 0.25) is 0 Å². The minimum Gasteiger partial charge on any atom is -0.496 e. The molecule has 128 valence electrons. The average molecular weight is 334 g/mol. The van der Waals surface area contributed by atoms with Gasteiger partial charge in [-0.05, 0) is 41.5 Å². The Morgan fingerprint density at radius 3 is 2.60 bits per heavy atom. The molecule has 2 N–H and O–H groups in total. The Kier molecular flexibility index (Phi) is 5.96. The summed E-state index contributed by atoms with van der Waals surface area (Å²) >= 11 is 0. The molecule has 1 aromatic carbocycles. The van der Waals surface area contributed by atoms with Gasteiger partial charge in [-0.3, -0.25) is 9.97 Å². The summed E-state index contributed by atoms with van der Waals surface area (Å²) in [5.74, 6) is 0.847.